The highest BCUT2D eigenvalue weighted by Crippen LogP contribution is 2.29. The third-order valence-electron chi connectivity index (χ3n) is 4.02. The second-order valence-corrected chi connectivity index (χ2v) is 5.58. The fourth-order valence-corrected chi connectivity index (χ4v) is 3.04. The number of rotatable bonds is 6. The Balaban J connectivity index is 2.27. The molecule has 0 bridgehead atoms. The van der Waals surface area contributed by atoms with E-state index < -0.39 is 0 Å². The van der Waals surface area contributed by atoms with Gasteiger partial charge in [0.15, 0.2) is 0 Å². The molecule has 2 rings (SSSR count). The van der Waals surface area contributed by atoms with Crippen molar-refractivity contribution >= 4 is 0 Å². The lowest BCUT2D eigenvalue weighted by atomic mass is 9.84. The van der Waals surface area contributed by atoms with E-state index in [2.05, 4.69) is 67.7 Å². The van der Waals surface area contributed by atoms with Gasteiger partial charge in [-0.25, -0.2) is 0 Å². The second kappa shape index (κ2) is 7.25. The van der Waals surface area contributed by atoms with Crippen molar-refractivity contribution in [1.82, 2.24) is 5.32 Å². The van der Waals surface area contributed by atoms with Gasteiger partial charge in [0.1, 0.15) is 0 Å². The van der Waals surface area contributed by atoms with Crippen LogP contribution in [0.5, 0.6) is 0 Å². The van der Waals surface area contributed by atoms with Crippen molar-refractivity contribution in [2.75, 3.05) is 13.6 Å². The zero-order valence-corrected chi connectivity index (χ0v) is 12.8. The Hall–Kier alpha value is -1.60. The average molecular weight is 267 g/mol. The summed E-state index contributed by atoms with van der Waals surface area (Å²) in [5.74, 6) is 0.589. The van der Waals surface area contributed by atoms with Gasteiger partial charge in [-0.2, -0.15) is 0 Å². The minimum absolute atomic E-state index is 0.589. The minimum Gasteiger partial charge on any atom is -0.320 e. The van der Waals surface area contributed by atoms with Crippen LogP contribution in [-0.2, 0) is 6.42 Å². The maximum atomic E-state index is 3.29. The molecule has 0 saturated heterocycles. The molecule has 106 valence electrons. The molecule has 0 heterocycles. The predicted molar refractivity (Wildman–Crippen MR) is 87.3 cm³/mol. The van der Waals surface area contributed by atoms with Gasteiger partial charge in [-0.3, -0.25) is 0 Å². The van der Waals surface area contributed by atoms with Crippen molar-refractivity contribution in [3.63, 3.8) is 0 Å². The molecule has 1 heteroatoms. The van der Waals surface area contributed by atoms with Crippen LogP contribution in [0.25, 0.3) is 0 Å². The molecule has 2 aromatic carbocycles. The lowest BCUT2D eigenvalue weighted by Gasteiger charge is -2.22. The molecule has 1 nitrogen and oxygen atoms in total. The Kier molecular flexibility index (Phi) is 5.37. The molecule has 0 aliphatic rings. The van der Waals surface area contributed by atoms with Crippen molar-refractivity contribution < 1.29 is 0 Å². The topological polar surface area (TPSA) is 12.0 Å². The number of hydrogen-bond donors (Lipinski definition) is 1. The first-order valence-corrected chi connectivity index (χ1v) is 7.47. The van der Waals surface area contributed by atoms with Gasteiger partial charge < -0.3 is 5.32 Å². The third kappa shape index (κ3) is 3.71. The average Bonchev–Trinajstić information content (AvgIpc) is 2.45. The number of hydrogen-bond acceptors (Lipinski definition) is 1. The van der Waals surface area contributed by atoms with Gasteiger partial charge >= 0.3 is 0 Å². The Labute approximate surface area is 123 Å². The molecule has 0 spiro atoms. The lowest BCUT2D eigenvalue weighted by Crippen LogP contribution is -2.15. The fraction of sp³-hybridized carbons (Fsp3) is 0.368. The number of nitrogens with one attached hydrogen (secondary N) is 1. The first kappa shape index (κ1) is 14.8. The molecule has 0 aliphatic carbocycles. The molecular formula is C19H25N. The molecule has 0 amide bonds. The van der Waals surface area contributed by atoms with E-state index in [9.17, 15) is 0 Å². The van der Waals surface area contributed by atoms with Crippen LogP contribution < -0.4 is 5.32 Å². The molecular weight excluding hydrogens is 242 g/mol. The van der Waals surface area contributed by atoms with Gasteiger partial charge in [0, 0.05) is 0 Å². The van der Waals surface area contributed by atoms with Crippen molar-refractivity contribution in [2.45, 2.75) is 32.6 Å². The smallest absolute Gasteiger partial charge is 0.00460 e. The van der Waals surface area contributed by atoms with Crippen LogP contribution >= 0.6 is 0 Å². The van der Waals surface area contributed by atoms with Crippen molar-refractivity contribution in [3.8, 4) is 0 Å². The SMILES string of the molecule is CNCCC(Cc1ccccc1)c1c(C)cccc1C. The zero-order valence-electron chi connectivity index (χ0n) is 12.8. The van der Waals surface area contributed by atoms with E-state index in [1.807, 2.05) is 7.05 Å². The van der Waals surface area contributed by atoms with Gasteiger partial charge in [-0.1, -0.05) is 48.5 Å². The quantitative estimate of drug-likeness (QED) is 0.825. The van der Waals surface area contributed by atoms with Gasteiger partial charge in [0.05, 0.1) is 0 Å². The lowest BCUT2D eigenvalue weighted by molar-refractivity contribution is 0.588. The summed E-state index contributed by atoms with van der Waals surface area (Å²) < 4.78 is 0. The molecule has 0 saturated carbocycles. The number of benzene rings is 2. The minimum atomic E-state index is 0.589. The molecule has 0 fully saturated rings. The predicted octanol–water partition coefficient (Wildman–Crippen LogP) is 4.24. The van der Waals surface area contributed by atoms with Crippen LogP contribution in [0.3, 0.4) is 0 Å². The van der Waals surface area contributed by atoms with Crippen molar-refractivity contribution in [2.24, 2.45) is 0 Å². The molecule has 1 unspecified atom stereocenters. The standard InChI is InChI=1S/C19H25N/c1-15-8-7-9-16(2)19(15)18(12-13-20-3)14-17-10-5-4-6-11-17/h4-11,18,20H,12-14H2,1-3H3. The fourth-order valence-electron chi connectivity index (χ4n) is 3.04. The van der Waals surface area contributed by atoms with Crippen LogP contribution in [0.15, 0.2) is 48.5 Å². The summed E-state index contributed by atoms with van der Waals surface area (Å²) in [6, 6.07) is 17.5. The summed E-state index contributed by atoms with van der Waals surface area (Å²) in [5, 5.41) is 3.29. The molecule has 1 N–H and O–H groups in total. The van der Waals surface area contributed by atoms with Crippen LogP contribution in [0.4, 0.5) is 0 Å². The van der Waals surface area contributed by atoms with Crippen LogP contribution in [0.1, 0.15) is 34.6 Å². The van der Waals surface area contributed by atoms with E-state index in [1.54, 1.807) is 0 Å². The molecule has 0 aromatic heterocycles. The first-order chi connectivity index (χ1) is 9.72. The second-order valence-electron chi connectivity index (χ2n) is 5.58. The molecule has 2 aromatic rings. The Morgan fingerprint density at radius 1 is 0.900 bits per heavy atom. The Morgan fingerprint density at radius 3 is 2.15 bits per heavy atom. The van der Waals surface area contributed by atoms with E-state index in [1.165, 1.54) is 28.7 Å². The highest BCUT2D eigenvalue weighted by molar-refractivity contribution is 5.37. The third-order valence-corrected chi connectivity index (χ3v) is 4.02. The summed E-state index contributed by atoms with van der Waals surface area (Å²) in [7, 11) is 2.03. The highest BCUT2D eigenvalue weighted by atomic mass is 14.8. The van der Waals surface area contributed by atoms with Gasteiger partial charge in [-0.15, -0.1) is 0 Å². The van der Waals surface area contributed by atoms with E-state index in [4.69, 9.17) is 0 Å². The van der Waals surface area contributed by atoms with Gasteiger partial charge in [0.25, 0.3) is 0 Å². The van der Waals surface area contributed by atoms with E-state index in [0.717, 1.165) is 13.0 Å². The van der Waals surface area contributed by atoms with Crippen molar-refractivity contribution in [3.05, 3.63) is 70.8 Å². The summed E-state index contributed by atoms with van der Waals surface area (Å²) in [6.45, 7) is 5.53. The first-order valence-electron chi connectivity index (χ1n) is 7.47. The maximum absolute atomic E-state index is 3.29. The number of aryl methyl sites for hydroxylation is 2. The largest absolute Gasteiger partial charge is 0.320 e. The van der Waals surface area contributed by atoms with Crippen LogP contribution in [0, 0.1) is 13.8 Å². The van der Waals surface area contributed by atoms with Crippen molar-refractivity contribution in [1.29, 1.82) is 0 Å². The maximum Gasteiger partial charge on any atom is -0.00460 e. The summed E-state index contributed by atoms with van der Waals surface area (Å²) in [4.78, 5) is 0. The van der Waals surface area contributed by atoms with E-state index in [-0.39, 0.29) is 0 Å². The highest BCUT2D eigenvalue weighted by Gasteiger charge is 2.16. The summed E-state index contributed by atoms with van der Waals surface area (Å²) in [6.07, 6.45) is 2.30. The molecule has 0 aliphatic heterocycles. The van der Waals surface area contributed by atoms with E-state index in [0.29, 0.717) is 5.92 Å². The van der Waals surface area contributed by atoms with Gasteiger partial charge in [-0.05, 0) is 68.5 Å². The van der Waals surface area contributed by atoms with E-state index >= 15 is 0 Å². The molecule has 1 atom stereocenters. The molecule has 0 radical (unpaired) electrons. The Morgan fingerprint density at radius 2 is 1.55 bits per heavy atom. The summed E-state index contributed by atoms with van der Waals surface area (Å²) in [5.41, 5.74) is 5.80. The van der Waals surface area contributed by atoms with Gasteiger partial charge in [0.2, 0.25) is 0 Å². The van der Waals surface area contributed by atoms with Crippen LogP contribution in [-0.4, -0.2) is 13.6 Å². The summed E-state index contributed by atoms with van der Waals surface area (Å²) >= 11 is 0. The Bertz CT molecular complexity index is 510. The molecule has 20 heavy (non-hydrogen) atoms. The normalized spacial score (nSPS) is 12.3. The zero-order chi connectivity index (χ0) is 14.4. The monoisotopic (exact) mass is 267 g/mol. The van der Waals surface area contributed by atoms with Crippen LogP contribution in [0.2, 0.25) is 0 Å².